The second kappa shape index (κ2) is 9.72. The van der Waals surface area contributed by atoms with Gasteiger partial charge in [-0.1, -0.05) is 124 Å². The second-order valence-electron chi connectivity index (χ2n) is 14.7. The zero-order valence-corrected chi connectivity index (χ0v) is 27.5. The van der Waals surface area contributed by atoms with E-state index in [0.717, 1.165) is 35.4 Å². The van der Waals surface area contributed by atoms with Gasteiger partial charge in [0, 0.05) is 32.2 Å². The summed E-state index contributed by atoms with van der Waals surface area (Å²) < 4.78 is 2.57. The summed E-state index contributed by atoms with van der Waals surface area (Å²) in [5.74, 6) is 1.76. The van der Waals surface area contributed by atoms with Crippen LogP contribution >= 0.6 is 11.3 Å². The highest BCUT2D eigenvalue weighted by atomic mass is 32.1. The maximum atomic E-state index is 5.37. The van der Waals surface area contributed by atoms with Gasteiger partial charge in [-0.2, -0.15) is 0 Å². The van der Waals surface area contributed by atoms with Crippen LogP contribution in [0.4, 0.5) is 0 Å². The number of thiophene rings is 1. The summed E-state index contributed by atoms with van der Waals surface area (Å²) in [6.07, 6.45) is 18.8. The lowest BCUT2D eigenvalue weighted by Gasteiger charge is -2.39. The summed E-state index contributed by atoms with van der Waals surface area (Å²) in [4.78, 5) is 10.6. The molecule has 226 valence electrons. The Balaban J connectivity index is 1.20. The molecule has 0 saturated heterocycles. The van der Waals surface area contributed by atoms with E-state index in [4.69, 9.17) is 9.97 Å². The summed E-state index contributed by atoms with van der Waals surface area (Å²) in [7, 11) is 0. The van der Waals surface area contributed by atoms with Crippen LogP contribution < -0.4 is 9.75 Å². The van der Waals surface area contributed by atoms with Crippen molar-refractivity contribution in [2.45, 2.75) is 75.5 Å². The molecule has 0 N–H and O–H groups in total. The number of benzene rings is 3. The van der Waals surface area contributed by atoms with E-state index in [2.05, 4.69) is 111 Å². The fraction of sp³-hybridized carbons (Fsp3) is 0.302. The molecule has 1 fully saturated rings. The molecule has 1 spiro atoms. The predicted octanol–water partition coefficient (Wildman–Crippen LogP) is 9.61. The first kappa shape index (κ1) is 27.1. The minimum atomic E-state index is 0.0900. The Morgan fingerprint density at radius 1 is 0.761 bits per heavy atom. The highest BCUT2D eigenvalue weighted by molar-refractivity contribution is 7.17. The first-order valence-corrected chi connectivity index (χ1v) is 18.1. The summed E-state index contributed by atoms with van der Waals surface area (Å²) >= 11 is 1.88. The molecule has 2 atom stereocenters. The van der Waals surface area contributed by atoms with Crippen molar-refractivity contribution in [3.63, 3.8) is 0 Å². The van der Waals surface area contributed by atoms with Gasteiger partial charge in [0.25, 0.3) is 0 Å². The van der Waals surface area contributed by atoms with Crippen LogP contribution in [0.5, 0.6) is 0 Å². The molecule has 5 aliphatic rings. The van der Waals surface area contributed by atoms with Crippen molar-refractivity contribution in [2.75, 3.05) is 0 Å². The number of hydrogen-bond donors (Lipinski definition) is 0. The smallest absolute Gasteiger partial charge is 0.160 e. The molecule has 0 bridgehead atoms. The Hall–Kier alpha value is -4.08. The van der Waals surface area contributed by atoms with Gasteiger partial charge in [0.05, 0.1) is 15.9 Å². The number of fused-ring (bicyclic) bond motifs is 11. The number of nitrogens with zero attached hydrogens (tertiary/aromatic N) is 2. The van der Waals surface area contributed by atoms with E-state index in [1.165, 1.54) is 74.4 Å². The second-order valence-corrected chi connectivity index (χ2v) is 15.8. The molecule has 5 aliphatic carbocycles. The zero-order valence-electron chi connectivity index (χ0n) is 26.6. The van der Waals surface area contributed by atoms with E-state index in [-0.39, 0.29) is 10.8 Å². The number of aromatic nitrogens is 2. The lowest BCUT2D eigenvalue weighted by molar-refractivity contribution is 0.345. The minimum absolute atomic E-state index is 0.0900. The zero-order chi connectivity index (χ0) is 30.6. The standard InChI is InChI=1S/C43H38N2S/c1-42(2)33-17-9-7-15-28(33)31-25-36-32(24-34(31)42)29-20-19-27(23-35(29)43(36)21-11-4-12-22-43)38-40-39(30-16-8-10-18-37(30)46-40)45-41(44-38)26-13-5-3-6-14-26/h3,5-7,9,13-20,23-25,31,34H,4,8,10-12,21-22H2,1-2H3. The molecule has 2 nitrogen and oxygen atoms in total. The number of rotatable bonds is 2. The first-order valence-electron chi connectivity index (χ1n) is 17.3. The molecule has 3 heteroatoms. The van der Waals surface area contributed by atoms with Crippen LogP contribution in [0.1, 0.15) is 87.0 Å². The average Bonchev–Trinajstić information content (AvgIpc) is 3.68. The molecule has 0 aliphatic heterocycles. The molecule has 10 rings (SSSR count). The monoisotopic (exact) mass is 614 g/mol. The Labute approximate surface area is 275 Å². The van der Waals surface area contributed by atoms with E-state index in [1.807, 2.05) is 11.3 Å². The Bertz CT molecular complexity index is 2280. The van der Waals surface area contributed by atoms with Crippen LogP contribution in [-0.2, 0) is 10.8 Å². The van der Waals surface area contributed by atoms with E-state index < -0.39 is 0 Å². The minimum Gasteiger partial charge on any atom is -0.226 e. The summed E-state index contributed by atoms with van der Waals surface area (Å²) in [6, 6.07) is 27.1. The average molecular weight is 615 g/mol. The van der Waals surface area contributed by atoms with Crippen LogP contribution in [0, 0.1) is 5.92 Å². The van der Waals surface area contributed by atoms with E-state index in [9.17, 15) is 0 Å². The van der Waals surface area contributed by atoms with Crippen LogP contribution in [-0.4, -0.2) is 9.97 Å². The molecule has 0 amide bonds. The van der Waals surface area contributed by atoms with Gasteiger partial charge in [-0.15, -0.1) is 11.3 Å². The normalized spacial score (nSPS) is 22.9. The van der Waals surface area contributed by atoms with Gasteiger partial charge in [0.15, 0.2) is 5.82 Å². The van der Waals surface area contributed by atoms with Crippen LogP contribution in [0.15, 0.2) is 90.5 Å². The van der Waals surface area contributed by atoms with E-state index in [1.54, 1.807) is 11.1 Å². The van der Waals surface area contributed by atoms with E-state index >= 15 is 0 Å². The maximum Gasteiger partial charge on any atom is 0.160 e. The van der Waals surface area contributed by atoms with Gasteiger partial charge in [-0.05, 0) is 76.5 Å². The molecular formula is C43H38N2S. The topological polar surface area (TPSA) is 25.8 Å². The van der Waals surface area contributed by atoms with Crippen molar-refractivity contribution in [3.8, 4) is 22.6 Å². The van der Waals surface area contributed by atoms with Gasteiger partial charge in [-0.25, -0.2) is 9.97 Å². The van der Waals surface area contributed by atoms with Crippen LogP contribution in [0.3, 0.4) is 0 Å². The van der Waals surface area contributed by atoms with Gasteiger partial charge < -0.3 is 0 Å². The summed E-state index contributed by atoms with van der Waals surface area (Å²) in [5, 5.41) is 1.30. The molecule has 1 saturated carbocycles. The van der Waals surface area contributed by atoms with Gasteiger partial charge in [0.1, 0.15) is 0 Å². The van der Waals surface area contributed by atoms with E-state index in [0.29, 0.717) is 11.8 Å². The molecular weight excluding hydrogens is 577 g/mol. The molecule has 46 heavy (non-hydrogen) atoms. The summed E-state index contributed by atoms with van der Waals surface area (Å²) in [5.41, 5.74) is 13.9. The Morgan fingerprint density at radius 3 is 2.43 bits per heavy atom. The fourth-order valence-corrected chi connectivity index (χ4v) is 11.0. The molecule has 2 heterocycles. The van der Waals surface area contributed by atoms with Gasteiger partial charge >= 0.3 is 0 Å². The van der Waals surface area contributed by atoms with Crippen molar-refractivity contribution in [2.24, 2.45) is 5.92 Å². The van der Waals surface area contributed by atoms with Crippen LogP contribution in [0.2, 0.25) is 0 Å². The number of allylic oxidation sites excluding steroid dienone is 4. The highest BCUT2D eigenvalue weighted by Crippen LogP contribution is 2.63. The molecule has 5 aromatic rings. The lowest BCUT2D eigenvalue weighted by Crippen LogP contribution is -2.31. The SMILES string of the molecule is CC1(C)c2ccccc2C2C=C3C(=CC21)c1ccc(-c2nc(-c4ccccc4)nc4c5c(sc24)=CCCC=5)cc1C31CCCCC1. The predicted molar refractivity (Wildman–Crippen MR) is 192 cm³/mol. The van der Waals surface area contributed by atoms with Crippen molar-refractivity contribution >= 4 is 39.3 Å². The quantitative estimate of drug-likeness (QED) is 0.198. The molecule has 0 radical (unpaired) electrons. The van der Waals surface area contributed by atoms with Gasteiger partial charge in [0.2, 0.25) is 0 Å². The first-order chi connectivity index (χ1) is 22.5. The third-order valence-corrected chi connectivity index (χ3v) is 13.2. The highest BCUT2D eigenvalue weighted by Gasteiger charge is 2.52. The third kappa shape index (κ3) is 3.64. The number of hydrogen-bond acceptors (Lipinski definition) is 3. The summed E-state index contributed by atoms with van der Waals surface area (Å²) in [6.45, 7) is 4.92. The maximum absolute atomic E-state index is 5.37. The Morgan fingerprint density at radius 2 is 1.57 bits per heavy atom. The molecule has 3 aromatic carbocycles. The molecule has 2 aromatic heterocycles. The third-order valence-electron chi connectivity index (χ3n) is 12.0. The fourth-order valence-electron chi connectivity index (χ4n) is 9.77. The van der Waals surface area contributed by atoms with Crippen LogP contribution in [0.25, 0.3) is 50.6 Å². The Kier molecular flexibility index (Phi) is 5.72. The van der Waals surface area contributed by atoms with Crippen molar-refractivity contribution in [1.82, 2.24) is 9.97 Å². The van der Waals surface area contributed by atoms with Crippen molar-refractivity contribution < 1.29 is 0 Å². The lowest BCUT2D eigenvalue weighted by atomic mass is 9.64. The largest absolute Gasteiger partial charge is 0.226 e. The van der Waals surface area contributed by atoms with Crippen molar-refractivity contribution in [1.29, 1.82) is 0 Å². The van der Waals surface area contributed by atoms with Crippen molar-refractivity contribution in [3.05, 3.63) is 123 Å². The van der Waals surface area contributed by atoms with Gasteiger partial charge in [-0.3, -0.25) is 0 Å². The molecule has 2 unspecified atom stereocenters.